The second-order valence-electron chi connectivity index (χ2n) is 3.58. The fourth-order valence-corrected chi connectivity index (χ4v) is 1.18. The second kappa shape index (κ2) is 6.14. The number of aromatic nitrogens is 1. The molecule has 0 spiro atoms. The molecule has 1 heterocycles. The van der Waals surface area contributed by atoms with Gasteiger partial charge in [-0.3, -0.25) is 9.78 Å². The summed E-state index contributed by atoms with van der Waals surface area (Å²) in [6.07, 6.45) is 2.65. The van der Waals surface area contributed by atoms with Gasteiger partial charge < -0.3 is 11.1 Å². The van der Waals surface area contributed by atoms with Gasteiger partial charge in [-0.05, 0) is 12.1 Å². The van der Waals surface area contributed by atoms with E-state index in [0.29, 0.717) is 6.54 Å². The Bertz CT molecular complexity index is 300. The third-order valence-corrected chi connectivity index (χ3v) is 2.22. The largest absolute Gasteiger partial charge is 0.369 e. The average Bonchev–Trinajstić information content (AvgIpc) is 2.25. The minimum Gasteiger partial charge on any atom is -0.369 e. The monoisotopic (exact) mass is 207 g/mol. The number of primary amides is 1. The summed E-state index contributed by atoms with van der Waals surface area (Å²) in [5.41, 5.74) is 6.19. The summed E-state index contributed by atoms with van der Waals surface area (Å²) in [7, 11) is 0. The van der Waals surface area contributed by atoms with Crippen LogP contribution in [0.4, 0.5) is 0 Å². The van der Waals surface area contributed by atoms with E-state index in [-0.39, 0.29) is 11.8 Å². The van der Waals surface area contributed by atoms with Gasteiger partial charge in [0.2, 0.25) is 5.91 Å². The number of amides is 1. The minimum atomic E-state index is -0.264. The van der Waals surface area contributed by atoms with Gasteiger partial charge in [0.1, 0.15) is 0 Å². The smallest absolute Gasteiger partial charge is 0.221 e. The van der Waals surface area contributed by atoms with Crippen LogP contribution in [0.1, 0.15) is 12.6 Å². The van der Waals surface area contributed by atoms with Crippen LogP contribution in [0.25, 0.3) is 0 Å². The zero-order valence-electron chi connectivity index (χ0n) is 8.94. The molecule has 0 aromatic carbocycles. The van der Waals surface area contributed by atoms with E-state index in [1.54, 1.807) is 6.20 Å². The molecule has 0 radical (unpaired) electrons. The van der Waals surface area contributed by atoms with E-state index < -0.39 is 0 Å². The normalized spacial score (nSPS) is 12.3. The number of pyridine rings is 1. The van der Waals surface area contributed by atoms with E-state index in [1.807, 2.05) is 25.1 Å². The predicted octanol–water partition coefficient (Wildman–Crippen LogP) is 0.335. The molecule has 1 unspecified atom stereocenters. The van der Waals surface area contributed by atoms with Crippen LogP contribution in [-0.2, 0) is 11.2 Å². The van der Waals surface area contributed by atoms with Gasteiger partial charge in [0.05, 0.1) is 0 Å². The Kier molecular flexibility index (Phi) is 4.77. The number of hydrogen-bond donors (Lipinski definition) is 2. The number of carbonyl (C=O) groups is 1. The van der Waals surface area contributed by atoms with Crippen LogP contribution in [0.3, 0.4) is 0 Å². The molecule has 0 aliphatic rings. The highest BCUT2D eigenvalue weighted by atomic mass is 16.1. The second-order valence-corrected chi connectivity index (χ2v) is 3.58. The molecule has 3 N–H and O–H groups in total. The third-order valence-electron chi connectivity index (χ3n) is 2.22. The van der Waals surface area contributed by atoms with Gasteiger partial charge in [-0.25, -0.2) is 0 Å². The van der Waals surface area contributed by atoms with Gasteiger partial charge in [0, 0.05) is 37.3 Å². The fraction of sp³-hybridized carbons (Fsp3) is 0.455. The molecular weight excluding hydrogens is 190 g/mol. The SMILES string of the molecule is CC(CNCCc1ccccn1)C(N)=O. The lowest BCUT2D eigenvalue weighted by molar-refractivity contribution is -0.121. The molecule has 0 aliphatic carbocycles. The summed E-state index contributed by atoms with van der Waals surface area (Å²) in [6, 6.07) is 5.85. The molecule has 1 rings (SSSR count). The van der Waals surface area contributed by atoms with Crippen molar-refractivity contribution < 1.29 is 4.79 Å². The van der Waals surface area contributed by atoms with Crippen LogP contribution in [0, 0.1) is 5.92 Å². The highest BCUT2D eigenvalue weighted by Gasteiger charge is 2.06. The molecule has 1 amide bonds. The molecule has 0 saturated carbocycles. The number of hydrogen-bond acceptors (Lipinski definition) is 3. The number of carbonyl (C=O) groups excluding carboxylic acids is 1. The summed E-state index contributed by atoms with van der Waals surface area (Å²) in [4.78, 5) is 14.9. The van der Waals surface area contributed by atoms with Gasteiger partial charge >= 0.3 is 0 Å². The zero-order valence-corrected chi connectivity index (χ0v) is 8.94. The van der Waals surface area contributed by atoms with E-state index in [2.05, 4.69) is 10.3 Å². The van der Waals surface area contributed by atoms with Crippen molar-refractivity contribution in [3.63, 3.8) is 0 Å². The van der Waals surface area contributed by atoms with E-state index >= 15 is 0 Å². The van der Waals surface area contributed by atoms with Gasteiger partial charge in [0.15, 0.2) is 0 Å². The standard InChI is InChI=1S/C11H17N3O/c1-9(11(12)15)8-13-7-5-10-4-2-3-6-14-10/h2-4,6,9,13H,5,7-8H2,1H3,(H2,12,15). The molecule has 1 aromatic rings. The number of nitrogens with zero attached hydrogens (tertiary/aromatic N) is 1. The molecule has 4 nitrogen and oxygen atoms in total. The lowest BCUT2D eigenvalue weighted by Crippen LogP contribution is -2.32. The zero-order chi connectivity index (χ0) is 11.1. The molecule has 0 aliphatic heterocycles. The maximum atomic E-state index is 10.7. The maximum absolute atomic E-state index is 10.7. The van der Waals surface area contributed by atoms with Crippen LogP contribution in [0.5, 0.6) is 0 Å². The van der Waals surface area contributed by atoms with Crippen molar-refractivity contribution in [2.45, 2.75) is 13.3 Å². The van der Waals surface area contributed by atoms with Crippen molar-refractivity contribution in [1.29, 1.82) is 0 Å². The summed E-state index contributed by atoms with van der Waals surface area (Å²) in [5.74, 6) is -0.380. The summed E-state index contributed by atoms with van der Waals surface area (Å²) in [5, 5.41) is 3.17. The van der Waals surface area contributed by atoms with Crippen LogP contribution >= 0.6 is 0 Å². The highest BCUT2D eigenvalue weighted by Crippen LogP contribution is 1.94. The molecular formula is C11H17N3O. The molecule has 0 saturated heterocycles. The minimum absolute atomic E-state index is 0.117. The van der Waals surface area contributed by atoms with Crippen molar-refractivity contribution in [3.05, 3.63) is 30.1 Å². The number of rotatable bonds is 6. The Hall–Kier alpha value is -1.42. The Morgan fingerprint density at radius 3 is 3.00 bits per heavy atom. The first-order chi connectivity index (χ1) is 7.20. The van der Waals surface area contributed by atoms with Crippen molar-refractivity contribution in [1.82, 2.24) is 10.3 Å². The molecule has 4 heteroatoms. The maximum Gasteiger partial charge on any atom is 0.221 e. The van der Waals surface area contributed by atoms with Crippen molar-refractivity contribution in [2.24, 2.45) is 11.7 Å². The highest BCUT2D eigenvalue weighted by molar-refractivity contribution is 5.76. The topological polar surface area (TPSA) is 68.0 Å². The molecule has 1 aromatic heterocycles. The van der Waals surface area contributed by atoms with E-state index in [4.69, 9.17) is 5.73 Å². The summed E-state index contributed by atoms with van der Waals surface area (Å²) < 4.78 is 0. The summed E-state index contributed by atoms with van der Waals surface area (Å²) in [6.45, 7) is 3.26. The quantitative estimate of drug-likeness (QED) is 0.661. The predicted molar refractivity (Wildman–Crippen MR) is 59.2 cm³/mol. The Labute approximate surface area is 89.9 Å². The third kappa shape index (κ3) is 4.56. The first kappa shape index (κ1) is 11.7. The Morgan fingerprint density at radius 1 is 1.60 bits per heavy atom. The first-order valence-electron chi connectivity index (χ1n) is 5.10. The average molecular weight is 207 g/mol. The van der Waals surface area contributed by atoms with E-state index in [1.165, 1.54) is 0 Å². The lowest BCUT2D eigenvalue weighted by atomic mass is 10.1. The number of nitrogens with one attached hydrogen (secondary N) is 1. The van der Waals surface area contributed by atoms with Crippen molar-refractivity contribution in [2.75, 3.05) is 13.1 Å². The first-order valence-corrected chi connectivity index (χ1v) is 5.10. The van der Waals surface area contributed by atoms with Crippen LogP contribution in [-0.4, -0.2) is 24.0 Å². The van der Waals surface area contributed by atoms with Crippen LogP contribution in [0.15, 0.2) is 24.4 Å². The Morgan fingerprint density at radius 2 is 2.40 bits per heavy atom. The van der Waals surface area contributed by atoms with E-state index in [9.17, 15) is 4.79 Å². The van der Waals surface area contributed by atoms with Gasteiger partial charge in [-0.15, -0.1) is 0 Å². The van der Waals surface area contributed by atoms with Gasteiger partial charge in [-0.2, -0.15) is 0 Å². The van der Waals surface area contributed by atoms with Gasteiger partial charge in [0.25, 0.3) is 0 Å². The van der Waals surface area contributed by atoms with Crippen LogP contribution < -0.4 is 11.1 Å². The number of nitrogens with two attached hydrogens (primary N) is 1. The molecule has 0 fully saturated rings. The fourth-order valence-electron chi connectivity index (χ4n) is 1.18. The van der Waals surface area contributed by atoms with Crippen molar-refractivity contribution in [3.8, 4) is 0 Å². The van der Waals surface area contributed by atoms with E-state index in [0.717, 1.165) is 18.7 Å². The molecule has 0 bridgehead atoms. The Balaban J connectivity index is 2.15. The molecule has 82 valence electrons. The summed E-state index contributed by atoms with van der Waals surface area (Å²) >= 11 is 0. The lowest BCUT2D eigenvalue weighted by Gasteiger charge is -2.08. The van der Waals surface area contributed by atoms with Crippen LogP contribution in [0.2, 0.25) is 0 Å². The van der Waals surface area contributed by atoms with Crippen molar-refractivity contribution >= 4 is 5.91 Å². The molecule has 15 heavy (non-hydrogen) atoms. The molecule has 1 atom stereocenters. The van der Waals surface area contributed by atoms with Gasteiger partial charge in [-0.1, -0.05) is 13.0 Å².